The molecule has 0 unspecified atom stereocenters. The lowest BCUT2D eigenvalue weighted by atomic mass is 9.87. The molecule has 0 spiro atoms. The fourth-order valence-electron chi connectivity index (χ4n) is 2.73. The number of halogens is 2. The highest BCUT2D eigenvalue weighted by atomic mass is 35.5. The van der Waals surface area contributed by atoms with E-state index < -0.39 is 33.4 Å². The molecule has 0 saturated carbocycles. The molecule has 1 saturated heterocycles. The lowest BCUT2D eigenvalue weighted by Crippen LogP contribution is -2.55. The summed E-state index contributed by atoms with van der Waals surface area (Å²) in [6.07, 6.45) is -0.105. The first-order valence-electron chi connectivity index (χ1n) is 6.46. The molecule has 1 fully saturated rings. The Kier molecular flexibility index (Phi) is 4.64. The molecule has 2 atom stereocenters. The van der Waals surface area contributed by atoms with Gasteiger partial charge >= 0.3 is 11.9 Å². The summed E-state index contributed by atoms with van der Waals surface area (Å²) in [5, 5.41) is 18.8. The van der Waals surface area contributed by atoms with E-state index in [1.807, 2.05) is 0 Å². The lowest BCUT2D eigenvalue weighted by Gasteiger charge is -2.32. The largest absolute Gasteiger partial charge is 0.481 e. The minimum Gasteiger partial charge on any atom is -0.481 e. The minimum atomic E-state index is -4.28. The molecule has 10 heteroatoms. The molecule has 0 bridgehead atoms. The van der Waals surface area contributed by atoms with E-state index in [0.717, 1.165) is 19.1 Å². The first-order valence-corrected chi connectivity index (χ1v) is 8.66. The van der Waals surface area contributed by atoms with E-state index in [1.165, 1.54) is 6.07 Å². The number of carboxylic acid groups (broad SMARTS) is 2. The van der Waals surface area contributed by atoms with Crippen molar-refractivity contribution in [1.29, 1.82) is 0 Å². The third kappa shape index (κ3) is 2.91. The summed E-state index contributed by atoms with van der Waals surface area (Å²) in [5.74, 6) is -4.25. The summed E-state index contributed by atoms with van der Waals surface area (Å²) in [5.41, 5.74) is -2.10. The van der Waals surface area contributed by atoms with E-state index in [0.29, 0.717) is 4.31 Å². The van der Waals surface area contributed by atoms with Crippen molar-refractivity contribution in [3.63, 3.8) is 0 Å². The molecule has 1 heterocycles. The maximum Gasteiger partial charge on any atom is 0.325 e. The lowest BCUT2D eigenvalue weighted by molar-refractivity contribution is -0.156. The molecule has 2 rings (SSSR count). The Labute approximate surface area is 142 Å². The number of carbonyl (C=O) groups is 2. The molecular formula is C13H13Cl2NO6S. The standard InChI is InChI=1S/C13H13Cl2NO6S/c1-13(12(19)20)10(11(17)18)2-3-16(13)23(21,22)9-5-7(14)4-8(15)6-9/h4-6,10H,2-3H2,1H3,(H,17,18)(H,19,20)/t10-,13-/m0/s1. The van der Waals surface area contributed by atoms with Crippen LogP contribution in [0.2, 0.25) is 10.0 Å². The summed E-state index contributed by atoms with van der Waals surface area (Å²) in [7, 11) is -4.28. The van der Waals surface area contributed by atoms with Gasteiger partial charge in [-0.25, -0.2) is 8.42 Å². The minimum absolute atomic E-state index is 0.0714. The predicted octanol–water partition coefficient (Wildman–Crippen LogP) is 1.93. The summed E-state index contributed by atoms with van der Waals surface area (Å²) in [4.78, 5) is 22.7. The number of aliphatic carboxylic acids is 2. The van der Waals surface area contributed by atoms with E-state index in [-0.39, 0.29) is 27.9 Å². The zero-order valence-electron chi connectivity index (χ0n) is 11.9. The zero-order chi connectivity index (χ0) is 17.6. The van der Waals surface area contributed by atoms with Gasteiger partial charge in [0.2, 0.25) is 10.0 Å². The molecule has 0 aliphatic carbocycles. The number of hydrogen-bond acceptors (Lipinski definition) is 4. The maximum absolute atomic E-state index is 12.8. The van der Waals surface area contributed by atoms with Crippen molar-refractivity contribution in [1.82, 2.24) is 4.31 Å². The number of carboxylic acids is 2. The van der Waals surface area contributed by atoms with E-state index in [1.54, 1.807) is 0 Å². The second-order valence-corrected chi connectivity index (χ2v) is 8.05. The molecule has 2 N–H and O–H groups in total. The van der Waals surface area contributed by atoms with Crippen LogP contribution in [0.15, 0.2) is 23.1 Å². The number of hydrogen-bond donors (Lipinski definition) is 2. The Hall–Kier alpha value is -1.35. The fraction of sp³-hybridized carbons (Fsp3) is 0.385. The number of sulfonamides is 1. The van der Waals surface area contributed by atoms with Crippen LogP contribution in [-0.4, -0.2) is 47.0 Å². The maximum atomic E-state index is 12.8. The predicted molar refractivity (Wildman–Crippen MR) is 82.1 cm³/mol. The molecule has 1 aromatic carbocycles. The first kappa shape index (κ1) is 18.0. The Morgan fingerprint density at radius 3 is 2.17 bits per heavy atom. The van der Waals surface area contributed by atoms with Gasteiger partial charge in [-0.15, -0.1) is 0 Å². The van der Waals surface area contributed by atoms with Crippen molar-refractivity contribution >= 4 is 45.2 Å². The van der Waals surface area contributed by atoms with Crippen LogP contribution in [0.4, 0.5) is 0 Å². The van der Waals surface area contributed by atoms with Crippen LogP contribution in [0, 0.1) is 5.92 Å². The van der Waals surface area contributed by atoms with Crippen molar-refractivity contribution in [3.05, 3.63) is 28.2 Å². The van der Waals surface area contributed by atoms with Crippen LogP contribution < -0.4 is 0 Å². The summed E-state index contributed by atoms with van der Waals surface area (Å²) in [6, 6.07) is 3.61. The number of nitrogens with zero attached hydrogens (tertiary/aromatic N) is 1. The zero-order valence-corrected chi connectivity index (χ0v) is 14.2. The average Bonchev–Trinajstić information content (AvgIpc) is 2.77. The summed E-state index contributed by atoms with van der Waals surface area (Å²) < 4.78 is 26.2. The van der Waals surface area contributed by atoms with Crippen molar-refractivity contribution in [2.75, 3.05) is 6.54 Å². The monoisotopic (exact) mass is 381 g/mol. The summed E-state index contributed by atoms with van der Waals surface area (Å²) in [6.45, 7) is 0.858. The molecule has 1 aromatic rings. The third-order valence-corrected chi connectivity index (χ3v) is 6.38. The topological polar surface area (TPSA) is 112 Å². The van der Waals surface area contributed by atoms with Crippen molar-refractivity contribution in [2.24, 2.45) is 5.92 Å². The van der Waals surface area contributed by atoms with Gasteiger partial charge in [-0.3, -0.25) is 9.59 Å². The van der Waals surface area contributed by atoms with Crippen LogP contribution in [-0.2, 0) is 19.6 Å². The SMILES string of the molecule is C[C@@]1(C(=O)O)[C@H](C(=O)O)CCN1S(=O)(=O)c1cc(Cl)cc(Cl)c1. The van der Waals surface area contributed by atoms with Crippen LogP contribution in [0.1, 0.15) is 13.3 Å². The molecule has 126 valence electrons. The molecule has 1 aliphatic heterocycles. The quantitative estimate of drug-likeness (QED) is 0.823. The van der Waals surface area contributed by atoms with Gasteiger partial charge < -0.3 is 10.2 Å². The normalized spacial score (nSPS) is 25.4. The Bertz CT molecular complexity index is 760. The molecule has 1 aliphatic rings. The van der Waals surface area contributed by atoms with E-state index in [2.05, 4.69) is 0 Å². The van der Waals surface area contributed by atoms with Gasteiger partial charge in [-0.05, 0) is 31.5 Å². The van der Waals surface area contributed by atoms with Gasteiger partial charge in [-0.2, -0.15) is 4.31 Å². The Morgan fingerprint density at radius 1 is 1.22 bits per heavy atom. The van der Waals surface area contributed by atoms with Gasteiger partial charge in [-0.1, -0.05) is 23.2 Å². The Morgan fingerprint density at radius 2 is 1.74 bits per heavy atom. The number of rotatable bonds is 4. The van der Waals surface area contributed by atoms with Gasteiger partial charge in [0.1, 0.15) is 5.54 Å². The number of benzene rings is 1. The highest BCUT2D eigenvalue weighted by Crippen LogP contribution is 2.40. The molecule has 0 amide bonds. The molecule has 23 heavy (non-hydrogen) atoms. The molecule has 0 radical (unpaired) electrons. The second kappa shape index (κ2) is 5.94. The molecule has 0 aromatic heterocycles. The van der Waals surface area contributed by atoms with Crippen LogP contribution in [0.25, 0.3) is 0 Å². The van der Waals surface area contributed by atoms with Crippen LogP contribution in [0.3, 0.4) is 0 Å². The first-order chi connectivity index (χ1) is 10.5. The van der Waals surface area contributed by atoms with E-state index >= 15 is 0 Å². The fourth-order valence-corrected chi connectivity index (χ4v) is 5.24. The highest BCUT2D eigenvalue weighted by molar-refractivity contribution is 7.89. The van der Waals surface area contributed by atoms with Gasteiger partial charge in [0.25, 0.3) is 0 Å². The van der Waals surface area contributed by atoms with Crippen molar-refractivity contribution < 1.29 is 28.2 Å². The van der Waals surface area contributed by atoms with Crippen LogP contribution in [0.5, 0.6) is 0 Å². The highest BCUT2D eigenvalue weighted by Gasteiger charge is 2.58. The smallest absolute Gasteiger partial charge is 0.325 e. The van der Waals surface area contributed by atoms with Gasteiger partial charge in [0.05, 0.1) is 10.8 Å². The van der Waals surface area contributed by atoms with E-state index in [9.17, 15) is 28.2 Å². The summed E-state index contributed by atoms with van der Waals surface area (Å²) >= 11 is 11.6. The van der Waals surface area contributed by atoms with Gasteiger partial charge in [0, 0.05) is 16.6 Å². The van der Waals surface area contributed by atoms with Crippen molar-refractivity contribution in [3.8, 4) is 0 Å². The van der Waals surface area contributed by atoms with Crippen molar-refractivity contribution in [2.45, 2.75) is 23.8 Å². The average molecular weight is 382 g/mol. The van der Waals surface area contributed by atoms with Crippen LogP contribution >= 0.6 is 23.2 Å². The third-order valence-electron chi connectivity index (χ3n) is 3.97. The second-order valence-electron chi connectivity index (χ2n) is 5.31. The van der Waals surface area contributed by atoms with E-state index in [4.69, 9.17) is 23.2 Å². The molecule has 7 nitrogen and oxygen atoms in total. The Balaban J connectivity index is 2.59. The van der Waals surface area contributed by atoms with Gasteiger partial charge in [0.15, 0.2) is 0 Å². The molecular weight excluding hydrogens is 369 g/mol.